The fraction of sp³-hybridized carbons (Fsp3) is 0.417. The summed E-state index contributed by atoms with van der Waals surface area (Å²) in [6.07, 6.45) is -5.42. The number of carbonyl (C=O) groups is 1. The molecule has 0 unspecified atom stereocenters. The molecule has 0 fully saturated rings. The molecule has 2 N–H and O–H groups in total. The predicted octanol–water partition coefficient (Wildman–Crippen LogP) is 3.32. The Morgan fingerprint density at radius 3 is 2.32 bits per heavy atom. The molecular weight excluding hydrogens is 261 g/mol. The second-order valence-electron chi connectivity index (χ2n) is 4.90. The highest BCUT2D eigenvalue weighted by molar-refractivity contribution is 5.86. The molecule has 106 valence electrons. The number of hydrogen-bond donors (Lipinski definition) is 1. The maximum absolute atomic E-state index is 12.5. The number of halogens is 3. The summed E-state index contributed by atoms with van der Waals surface area (Å²) in [5, 5.41) is 0.542. The number of carbonyl (C=O) groups excluding carboxylic acids is 1. The van der Waals surface area contributed by atoms with E-state index < -0.39 is 23.4 Å². The van der Waals surface area contributed by atoms with Crippen LogP contribution in [0.2, 0.25) is 0 Å². The van der Waals surface area contributed by atoms with E-state index in [0.29, 0.717) is 5.01 Å². The smallest absolute Gasteiger partial charge is 0.429 e. The highest BCUT2D eigenvalue weighted by Crippen LogP contribution is 2.31. The van der Waals surface area contributed by atoms with Gasteiger partial charge in [-0.3, -0.25) is 0 Å². The van der Waals surface area contributed by atoms with Crippen LogP contribution in [0.3, 0.4) is 0 Å². The van der Waals surface area contributed by atoms with Crippen LogP contribution in [0, 0.1) is 0 Å². The molecule has 1 amide bonds. The molecule has 0 bridgehead atoms. The molecule has 0 saturated carbocycles. The third-order valence-corrected chi connectivity index (χ3v) is 2.04. The van der Waals surface area contributed by atoms with Gasteiger partial charge in [0.05, 0.1) is 11.3 Å². The Labute approximate surface area is 108 Å². The van der Waals surface area contributed by atoms with Crippen molar-refractivity contribution in [1.82, 2.24) is 0 Å². The molecule has 1 rings (SSSR count). The van der Waals surface area contributed by atoms with Gasteiger partial charge in [-0.05, 0) is 39.0 Å². The molecule has 0 aliphatic carbocycles. The zero-order valence-electron chi connectivity index (χ0n) is 10.8. The van der Waals surface area contributed by atoms with Gasteiger partial charge in [-0.2, -0.15) is 13.2 Å². The van der Waals surface area contributed by atoms with E-state index >= 15 is 0 Å². The first-order valence-corrected chi connectivity index (χ1v) is 5.46. The van der Waals surface area contributed by atoms with Gasteiger partial charge in [0.25, 0.3) is 0 Å². The van der Waals surface area contributed by atoms with Gasteiger partial charge in [0.1, 0.15) is 5.60 Å². The third-order valence-electron chi connectivity index (χ3n) is 2.04. The number of hydrazine groups is 1. The number of benzene rings is 1. The van der Waals surface area contributed by atoms with Gasteiger partial charge >= 0.3 is 12.3 Å². The molecular formula is C12H15F3N2O2. The van der Waals surface area contributed by atoms with Crippen LogP contribution in [0.15, 0.2) is 24.3 Å². The molecule has 0 aliphatic rings. The van der Waals surface area contributed by atoms with Crippen molar-refractivity contribution in [2.45, 2.75) is 32.5 Å². The molecule has 0 heterocycles. The number of nitrogens with two attached hydrogens (primary N) is 1. The topological polar surface area (TPSA) is 55.6 Å². The van der Waals surface area contributed by atoms with Crippen molar-refractivity contribution in [3.63, 3.8) is 0 Å². The van der Waals surface area contributed by atoms with Crippen LogP contribution in [0.5, 0.6) is 0 Å². The molecule has 0 aromatic heterocycles. The lowest BCUT2D eigenvalue weighted by molar-refractivity contribution is -0.137. The van der Waals surface area contributed by atoms with Crippen molar-refractivity contribution in [1.29, 1.82) is 0 Å². The first-order valence-electron chi connectivity index (χ1n) is 5.46. The molecule has 7 heteroatoms. The SMILES string of the molecule is CC(C)(C)OC(=O)N(N)c1cccc(C(F)(F)F)c1. The Hall–Kier alpha value is -1.76. The summed E-state index contributed by atoms with van der Waals surface area (Å²) in [6, 6.07) is 4.14. The third kappa shape index (κ3) is 4.44. The number of nitrogens with zero attached hydrogens (tertiary/aromatic N) is 1. The first kappa shape index (κ1) is 15.3. The van der Waals surface area contributed by atoms with Gasteiger partial charge in [-0.15, -0.1) is 0 Å². The van der Waals surface area contributed by atoms with Crippen LogP contribution < -0.4 is 10.9 Å². The van der Waals surface area contributed by atoms with Crippen molar-refractivity contribution in [3.8, 4) is 0 Å². The number of alkyl halides is 3. The van der Waals surface area contributed by atoms with Crippen LogP contribution in [0.25, 0.3) is 0 Å². The fourth-order valence-corrected chi connectivity index (χ4v) is 1.25. The minimum atomic E-state index is -4.50. The normalized spacial score (nSPS) is 12.2. The van der Waals surface area contributed by atoms with Crippen LogP contribution in [-0.4, -0.2) is 11.7 Å². The molecule has 1 aromatic carbocycles. The van der Waals surface area contributed by atoms with Gasteiger partial charge in [0.2, 0.25) is 0 Å². The molecule has 1 aromatic rings. The lowest BCUT2D eigenvalue weighted by Crippen LogP contribution is -2.41. The number of anilines is 1. The predicted molar refractivity (Wildman–Crippen MR) is 64.3 cm³/mol. The minimum Gasteiger partial charge on any atom is -0.442 e. The summed E-state index contributed by atoms with van der Waals surface area (Å²) in [7, 11) is 0. The average molecular weight is 276 g/mol. The van der Waals surface area contributed by atoms with Crippen molar-refractivity contribution in [3.05, 3.63) is 29.8 Å². The first-order chi connectivity index (χ1) is 8.50. The summed E-state index contributed by atoms with van der Waals surface area (Å²) in [6.45, 7) is 4.89. The highest BCUT2D eigenvalue weighted by Gasteiger charge is 2.31. The Morgan fingerprint density at radius 2 is 1.84 bits per heavy atom. The van der Waals surface area contributed by atoms with Crippen molar-refractivity contribution >= 4 is 11.8 Å². The zero-order valence-corrected chi connectivity index (χ0v) is 10.8. The quantitative estimate of drug-likeness (QED) is 0.486. The molecule has 19 heavy (non-hydrogen) atoms. The van der Waals surface area contributed by atoms with E-state index in [1.807, 2.05) is 0 Å². The van der Waals surface area contributed by atoms with E-state index in [0.717, 1.165) is 12.1 Å². The summed E-state index contributed by atoms with van der Waals surface area (Å²) in [5.41, 5.74) is -1.76. The summed E-state index contributed by atoms with van der Waals surface area (Å²) < 4.78 is 42.5. The molecule has 0 atom stereocenters. The Kier molecular flexibility index (Phi) is 4.09. The van der Waals surface area contributed by atoms with Crippen LogP contribution in [-0.2, 0) is 10.9 Å². The Bertz CT molecular complexity index is 467. The Balaban J connectivity index is 2.95. The summed E-state index contributed by atoms with van der Waals surface area (Å²) >= 11 is 0. The zero-order chi connectivity index (χ0) is 14.8. The molecule has 4 nitrogen and oxygen atoms in total. The second kappa shape index (κ2) is 5.08. The average Bonchev–Trinajstić information content (AvgIpc) is 2.24. The largest absolute Gasteiger partial charge is 0.442 e. The molecule has 0 aliphatic heterocycles. The van der Waals surface area contributed by atoms with E-state index in [2.05, 4.69) is 0 Å². The van der Waals surface area contributed by atoms with E-state index in [1.54, 1.807) is 20.8 Å². The van der Waals surface area contributed by atoms with Crippen molar-refractivity contribution < 1.29 is 22.7 Å². The van der Waals surface area contributed by atoms with Crippen LogP contribution in [0.1, 0.15) is 26.3 Å². The molecule has 0 radical (unpaired) electrons. The molecule has 0 spiro atoms. The van der Waals surface area contributed by atoms with Gasteiger partial charge in [-0.1, -0.05) is 6.07 Å². The van der Waals surface area contributed by atoms with E-state index in [9.17, 15) is 18.0 Å². The number of hydrogen-bond acceptors (Lipinski definition) is 3. The van der Waals surface area contributed by atoms with Gasteiger partial charge < -0.3 is 4.74 Å². The number of amides is 1. The second-order valence-corrected chi connectivity index (χ2v) is 4.90. The maximum atomic E-state index is 12.5. The van der Waals surface area contributed by atoms with Crippen LogP contribution >= 0.6 is 0 Å². The standard InChI is InChI=1S/C12H15F3N2O2/c1-11(2,3)19-10(18)17(16)9-6-4-5-8(7-9)12(13,14)15/h4-7H,16H2,1-3H3. The number of ether oxygens (including phenoxy) is 1. The van der Waals surface area contributed by atoms with E-state index in [4.69, 9.17) is 10.6 Å². The highest BCUT2D eigenvalue weighted by atomic mass is 19.4. The minimum absolute atomic E-state index is 0.0934. The summed E-state index contributed by atoms with van der Waals surface area (Å²) in [4.78, 5) is 11.6. The maximum Gasteiger partial charge on any atom is 0.429 e. The lowest BCUT2D eigenvalue weighted by Gasteiger charge is -2.24. The van der Waals surface area contributed by atoms with Crippen LogP contribution in [0.4, 0.5) is 23.7 Å². The fourth-order valence-electron chi connectivity index (χ4n) is 1.25. The van der Waals surface area contributed by atoms with Gasteiger partial charge in [0, 0.05) is 0 Å². The molecule has 0 saturated heterocycles. The number of rotatable bonds is 1. The lowest BCUT2D eigenvalue weighted by atomic mass is 10.2. The van der Waals surface area contributed by atoms with Crippen molar-refractivity contribution in [2.24, 2.45) is 5.84 Å². The van der Waals surface area contributed by atoms with Gasteiger partial charge in [-0.25, -0.2) is 15.6 Å². The van der Waals surface area contributed by atoms with Crippen molar-refractivity contribution in [2.75, 3.05) is 5.01 Å². The Morgan fingerprint density at radius 1 is 1.26 bits per heavy atom. The summed E-state index contributed by atoms with van der Waals surface area (Å²) in [5.74, 6) is 5.45. The van der Waals surface area contributed by atoms with Gasteiger partial charge in [0.15, 0.2) is 0 Å². The monoisotopic (exact) mass is 276 g/mol. The van der Waals surface area contributed by atoms with E-state index in [1.165, 1.54) is 12.1 Å². The van der Waals surface area contributed by atoms with E-state index in [-0.39, 0.29) is 5.69 Å².